The summed E-state index contributed by atoms with van der Waals surface area (Å²) in [6, 6.07) is 16.7. The second kappa shape index (κ2) is 8.75. The molecule has 0 saturated heterocycles. The van der Waals surface area contributed by atoms with Crippen molar-refractivity contribution in [2.24, 2.45) is 0 Å². The summed E-state index contributed by atoms with van der Waals surface area (Å²) in [6.45, 7) is 1.41. The number of nitrogens with one attached hydrogen (secondary N) is 1. The number of nitrogens with zero attached hydrogens (tertiary/aromatic N) is 2. The number of hydrogen-bond acceptors (Lipinski definition) is 6. The maximum atomic E-state index is 12.2. The molecule has 3 rings (SSSR count). The lowest BCUT2D eigenvalue weighted by Gasteiger charge is -2.12. The Bertz CT molecular complexity index is 1110. The third-order valence-corrected chi connectivity index (χ3v) is 4.00. The van der Waals surface area contributed by atoms with Crippen LogP contribution in [0.25, 0.3) is 17.0 Å². The minimum absolute atomic E-state index is 0.154. The van der Waals surface area contributed by atoms with E-state index in [2.05, 4.69) is 10.3 Å². The van der Waals surface area contributed by atoms with Gasteiger partial charge in [-0.15, -0.1) is 0 Å². The fourth-order valence-electron chi connectivity index (χ4n) is 2.54. The number of non-ortho nitro benzene ring substituents is 1. The average Bonchev–Trinajstić information content (AvgIpc) is 2.72. The van der Waals surface area contributed by atoms with E-state index in [1.807, 2.05) is 30.3 Å². The van der Waals surface area contributed by atoms with Gasteiger partial charge in [0.05, 0.1) is 16.1 Å². The molecule has 0 aliphatic rings. The quantitative estimate of drug-likeness (QED) is 0.297. The zero-order chi connectivity index (χ0) is 20.8. The van der Waals surface area contributed by atoms with Crippen LogP contribution in [-0.4, -0.2) is 27.9 Å². The van der Waals surface area contributed by atoms with E-state index in [0.717, 1.165) is 10.9 Å². The minimum atomic E-state index is -1.09. The Morgan fingerprint density at radius 2 is 1.93 bits per heavy atom. The van der Waals surface area contributed by atoms with Gasteiger partial charge in [-0.3, -0.25) is 14.9 Å². The van der Waals surface area contributed by atoms with Crippen LogP contribution < -0.4 is 5.32 Å². The number of anilines is 1. The first-order valence-corrected chi connectivity index (χ1v) is 8.72. The highest BCUT2D eigenvalue weighted by Gasteiger charge is 2.17. The highest BCUT2D eigenvalue weighted by molar-refractivity contribution is 5.96. The van der Waals surface area contributed by atoms with Crippen molar-refractivity contribution in [2.45, 2.75) is 13.0 Å². The second-order valence-corrected chi connectivity index (χ2v) is 6.14. The topological polar surface area (TPSA) is 111 Å². The molecule has 1 heterocycles. The first-order valence-electron chi connectivity index (χ1n) is 8.72. The maximum Gasteiger partial charge on any atom is 0.331 e. The molecular weight excluding hydrogens is 374 g/mol. The Balaban J connectivity index is 1.59. The van der Waals surface area contributed by atoms with Crippen molar-refractivity contribution >= 4 is 40.2 Å². The van der Waals surface area contributed by atoms with Crippen molar-refractivity contribution in [2.75, 3.05) is 5.32 Å². The van der Waals surface area contributed by atoms with Gasteiger partial charge in [0.15, 0.2) is 6.10 Å². The van der Waals surface area contributed by atoms with Crippen molar-refractivity contribution in [3.63, 3.8) is 0 Å². The number of carbonyl (C=O) groups excluding carboxylic acids is 2. The highest BCUT2D eigenvalue weighted by atomic mass is 16.6. The summed E-state index contributed by atoms with van der Waals surface area (Å²) in [7, 11) is 0. The van der Waals surface area contributed by atoms with Crippen LogP contribution in [0.4, 0.5) is 11.4 Å². The van der Waals surface area contributed by atoms with Crippen LogP contribution in [0.5, 0.6) is 0 Å². The van der Waals surface area contributed by atoms with Crippen LogP contribution in [-0.2, 0) is 14.3 Å². The number of rotatable bonds is 6. The molecule has 0 fully saturated rings. The van der Waals surface area contributed by atoms with E-state index < -0.39 is 22.9 Å². The summed E-state index contributed by atoms with van der Waals surface area (Å²) >= 11 is 0. The van der Waals surface area contributed by atoms with Crippen LogP contribution in [0.15, 0.2) is 66.7 Å². The Kier molecular flexibility index (Phi) is 5.94. The number of para-hydroxylation sites is 1. The van der Waals surface area contributed by atoms with Crippen LogP contribution in [0.3, 0.4) is 0 Å². The van der Waals surface area contributed by atoms with Gasteiger partial charge in [0.2, 0.25) is 0 Å². The van der Waals surface area contributed by atoms with E-state index in [0.29, 0.717) is 5.69 Å². The first-order chi connectivity index (χ1) is 13.9. The number of pyridine rings is 1. The van der Waals surface area contributed by atoms with Gasteiger partial charge in [-0.2, -0.15) is 0 Å². The van der Waals surface area contributed by atoms with Crippen molar-refractivity contribution < 1.29 is 19.2 Å². The molecule has 0 aliphatic carbocycles. The molecule has 1 N–H and O–H groups in total. The summed E-state index contributed by atoms with van der Waals surface area (Å²) in [5, 5.41) is 14.3. The number of nitro benzene ring substituents is 1. The lowest BCUT2D eigenvalue weighted by Crippen LogP contribution is -2.29. The molecule has 0 radical (unpaired) electrons. The first kappa shape index (κ1) is 19.7. The van der Waals surface area contributed by atoms with Crippen LogP contribution in [0.1, 0.15) is 12.6 Å². The predicted octanol–water partition coefficient (Wildman–Crippen LogP) is 3.73. The maximum absolute atomic E-state index is 12.2. The van der Waals surface area contributed by atoms with Gasteiger partial charge >= 0.3 is 5.97 Å². The van der Waals surface area contributed by atoms with E-state index in [1.54, 1.807) is 6.07 Å². The lowest BCUT2D eigenvalue weighted by molar-refractivity contribution is -0.384. The Hall–Kier alpha value is -4.07. The molecule has 1 unspecified atom stereocenters. The van der Waals surface area contributed by atoms with E-state index in [4.69, 9.17) is 4.74 Å². The number of nitro groups is 1. The SMILES string of the molecule is CC(OC(=O)/C=C/c1ccc2ccccc2n1)C(=O)Nc1cccc([N+](=O)[O-])c1. The fourth-order valence-corrected chi connectivity index (χ4v) is 2.54. The number of aromatic nitrogens is 1. The van der Waals surface area contributed by atoms with Crippen molar-refractivity contribution in [3.05, 3.63) is 82.5 Å². The number of fused-ring (bicyclic) bond motifs is 1. The van der Waals surface area contributed by atoms with Gasteiger partial charge < -0.3 is 10.1 Å². The molecule has 0 aliphatic heterocycles. The number of ether oxygens (including phenoxy) is 1. The zero-order valence-corrected chi connectivity index (χ0v) is 15.4. The van der Waals surface area contributed by atoms with E-state index in [9.17, 15) is 19.7 Å². The summed E-state index contributed by atoms with van der Waals surface area (Å²) < 4.78 is 5.07. The molecule has 8 nitrogen and oxygen atoms in total. The van der Waals surface area contributed by atoms with Gasteiger partial charge in [-0.1, -0.05) is 30.3 Å². The van der Waals surface area contributed by atoms with Crippen molar-refractivity contribution in [3.8, 4) is 0 Å². The number of benzene rings is 2. The molecule has 3 aromatic rings. The third-order valence-electron chi connectivity index (χ3n) is 4.00. The molecule has 29 heavy (non-hydrogen) atoms. The minimum Gasteiger partial charge on any atom is -0.449 e. The van der Waals surface area contributed by atoms with Gasteiger partial charge in [-0.05, 0) is 31.2 Å². The Morgan fingerprint density at radius 3 is 2.72 bits per heavy atom. The summed E-state index contributed by atoms with van der Waals surface area (Å²) in [4.78, 5) is 38.8. The predicted molar refractivity (Wildman–Crippen MR) is 108 cm³/mol. The molecule has 2 aromatic carbocycles. The van der Waals surface area contributed by atoms with E-state index in [-0.39, 0.29) is 11.4 Å². The lowest BCUT2D eigenvalue weighted by atomic mass is 10.2. The Labute approximate surface area is 166 Å². The standard InChI is InChI=1S/C21H17N3O5/c1-14(21(26)23-17-6-4-7-18(13-17)24(27)28)29-20(25)12-11-16-10-9-15-5-2-3-8-19(15)22-16/h2-14H,1H3,(H,23,26)/b12-11+. The highest BCUT2D eigenvalue weighted by Crippen LogP contribution is 2.17. The van der Waals surface area contributed by atoms with Gasteiger partial charge in [0.1, 0.15) is 0 Å². The van der Waals surface area contributed by atoms with Crippen LogP contribution >= 0.6 is 0 Å². The van der Waals surface area contributed by atoms with Crippen LogP contribution in [0, 0.1) is 10.1 Å². The summed E-state index contributed by atoms with van der Waals surface area (Å²) in [5.41, 5.74) is 1.46. The number of amides is 1. The molecule has 1 atom stereocenters. The Morgan fingerprint density at radius 1 is 1.14 bits per heavy atom. The summed E-state index contributed by atoms with van der Waals surface area (Å²) in [6.07, 6.45) is 1.60. The number of carbonyl (C=O) groups is 2. The summed E-state index contributed by atoms with van der Waals surface area (Å²) in [5.74, 6) is -1.31. The van der Waals surface area contributed by atoms with Crippen molar-refractivity contribution in [1.29, 1.82) is 0 Å². The molecule has 0 spiro atoms. The third kappa shape index (κ3) is 5.23. The van der Waals surface area contributed by atoms with Crippen molar-refractivity contribution in [1.82, 2.24) is 4.98 Å². The van der Waals surface area contributed by atoms with Gasteiger partial charge in [0, 0.05) is 29.3 Å². The zero-order valence-electron chi connectivity index (χ0n) is 15.4. The van der Waals surface area contributed by atoms with E-state index >= 15 is 0 Å². The monoisotopic (exact) mass is 391 g/mol. The van der Waals surface area contributed by atoms with Gasteiger partial charge in [0.25, 0.3) is 11.6 Å². The number of hydrogen-bond donors (Lipinski definition) is 1. The molecule has 1 aromatic heterocycles. The second-order valence-electron chi connectivity index (χ2n) is 6.14. The average molecular weight is 391 g/mol. The number of esters is 1. The molecular formula is C21H17N3O5. The normalized spacial score (nSPS) is 11.9. The molecule has 1 amide bonds. The molecule has 0 bridgehead atoms. The molecule has 0 saturated carbocycles. The van der Waals surface area contributed by atoms with Gasteiger partial charge in [-0.25, -0.2) is 9.78 Å². The molecule has 146 valence electrons. The molecule has 8 heteroatoms. The largest absolute Gasteiger partial charge is 0.449 e. The smallest absolute Gasteiger partial charge is 0.331 e. The fraction of sp³-hybridized carbons (Fsp3) is 0.0952. The van der Waals surface area contributed by atoms with E-state index in [1.165, 1.54) is 43.3 Å². The van der Waals surface area contributed by atoms with Crippen LogP contribution in [0.2, 0.25) is 0 Å².